The molecule has 2 radical (unpaired) electrons. The first-order chi connectivity index (χ1) is 10.7. The number of hydrogen-bond donors (Lipinski definition) is 0. The van der Waals surface area contributed by atoms with Gasteiger partial charge < -0.3 is 0 Å². The van der Waals surface area contributed by atoms with Gasteiger partial charge in [-0.3, -0.25) is 0 Å². The molecular weight excluding hydrogens is 263 g/mol. The van der Waals surface area contributed by atoms with Gasteiger partial charge in [-0.15, -0.1) is 0 Å². The van der Waals surface area contributed by atoms with E-state index in [4.69, 9.17) is 7.85 Å². The lowest BCUT2D eigenvalue weighted by Gasteiger charge is -2.43. The van der Waals surface area contributed by atoms with Gasteiger partial charge in [-0.2, -0.15) is 0 Å². The van der Waals surface area contributed by atoms with Crippen LogP contribution < -0.4 is 5.46 Å². The summed E-state index contributed by atoms with van der Waals surface area (Å²) < 4.78 is 0. The third kappa shape index (κ3) is 2.68. The second kappa shape index (κ2) is 5.91. The van der Waals surface area contributed by atoms with Gasteiger partial charge in [0, 0.05) is 0 Å². The second-order valence-corrected chi connectivity index (χ2v) is 8.15. The Morgan fingerprint density at radius 1 is 1.09 bits per heavy atom. The zero-order chi connectivity index (χ0) is 15.1. The van der Waals surface area contributed by atoms with Gasteiger partial charge in [-0.1, -0.05) is 48.8 Å². The van der Waals surface area contributed by atoms with E-state index >= 15 is 0 Å². The quantitative estimate of drug-likeness (QED) is 0.573. The van der Waals surface area contributed by atoms with E-state index in [2.05, 4.69) is 37.3 Å². The summed E-state index contributed by atoms with van der Waals surface area (Å²) in [5.74, 6) is 6.02. The molecule has 3 aliphatic carbocycles. The fourth-order valence-electron chi connectivity index (χ4n) is 5.70. The molecule has 3 fully saturated rings. The summed E-state index contributed by atoms with van der Waals surface area (Å²) in [6.45, 7) is 2.50. The van der Waals surface area contributed by atoms with Crippen molar-refractivity contribution < 1.29 is 0 Å². The van der Waals surface area contributed by atoms with Gasteiger partial charge in [0.15, 0.2) is 0 Å². The number of allylic oxidation sites excluding steroid dienone is 2. The SMILES string of the molecule is [B]c1cccc(CC/C=C/C2C(C)CC3CC4CC2CC34)c1. The number of hydrogen-bond acceptors (Lipinski definition) is 0. The van der Waals surface area contributed by atoms with E-state index < -0.39 is 0 Å². The van der Waals surface area contributed by atoms with E-state index in [0.717, 1.165) is 53.8 Å². The van der Waals surface area contributed by atoms with Crippen molar-refractivity contribution in [3.63, 3.8) is 0 Å². The van der Waals surface area contributed by atoms with Crippen LogP contribution in [0.1, 0.15) is 44.6 Å². The van der Waals surface area contributed by atoms with Crippen molar-refractivity contribution in [3.8, 4) is 0 Å². The van der Waals surface area contributed by atoms with Crippen LogP contribution in [0.15, 0.2) is 36.4 Å². The summed E-state index contributed by atoms with van der Waals surface area (Å²) in [5, 5.41) is 0. The van der Waals surface area contributed by atoms with Crippen LogP contribution in [-0.2, 0) is 6.42 Å². The van der Waals surface area contributed by atoms with Crippen molar-refractivity contribution in [1.82, 2.24) is 0 Å². The zero-order valence-electron chi connectivity index (χ0n) is 13.7. The van der Waals surface area contributed by atoms with Gasteiger partial charge in [-0.25, -0.2) is 0 Å². The normalized spacial score (nSPS) is 39.7. The molecule has 0 amide bonds. The minimum Gasteiger partial charge on any atom is -0.0964 e. The minimum atomic E-state index is 0.846. The van der Waals surface area contributed by atoms with Crippen LogP contribution in [0.5, 0.6) is 0 Å². The Labute approximate surface area is 136 Å². The highest BCUT2D eigenvalue weighted by Crippen LogP contribution is 2.61. The average Bonchev–Trinajstić information content (AvgIpc) is 2.76. The molecule has 0 N–H and O–H groups in total. The molecule has 6 atom stereocenters. The molecule has 22 heavy (non-hydrogen) atoms. The monoisotopic (exact) mass is 290 g/mol. The van der Waals surface area contributed by atoms with Crippen LogP contribution in [0, 0.1) is 35.5 Å². The molecule has 0 aromatic heterocycles. The molecular formula is C21H27B. The minimum absolute atomic E-state index is 0.846. The lowest BCUT2D eigenvalue weighted by molar-refractivity contribution is 0.0723. The van der Waals surface area contributed by atoms with Crippen molar-refractivity contribution in [1.29, 1.82) is 0 Å². The third-order valence-electron chi connectivity index (χ3n) is 6.78. The fourth-order valence-corrected chi connectivity index (χ4v) is 5.70. The van der Waals surface area contributed by atoms with Crippen molar-refractivity contribution in [2.45, 2.75) is 45.4 Å². The Morgan fingerprint density at radius 3 is 2.77 bits per heavy atom. The molecule has 3 aliphatic rings. The first-order valence-corrected chi connectivity index (χ1v) is 9.22. The van der Waals surface area contributed by atoms with E-state index in [9.17, 15) is 0 Å². The summed E-state index contributed by atoms with van der Waals surface area (Å²) in [4.78, 5) is 0. The highest BCUT2D eigenvalue weighted by Gasteiger charge is 2.52. The average molecular weight is 290 g/mol. The van der Waals surface area contributed by atoms with Crippen LogP contribution in [0.3, 0.4) is 0 Å². The van der Waals surface area contributed by atoms with Gasteiger partial charge in [0.25, 0.3) is 0 Å². The molecule has 0 aliphatic heterocycles. The molecule has 0 heterocycles. The van der Waals surface area contributed by atoms with Crippen molar-refractivity contribution in [2.75, 3.05) is 0 Å². The van der Waals surface area contributed by atoms with Gasteiger partial charge in [-0.05, 0) is 79.6 Å². The predicted octanol–water partition coefficient (Wildman–Crippen LogP) is 4.29. The molecule has 1 heteroatoms. The number of benzene rings is 1. The van der Waals surface area contributed by atoms with E-state index in [1.54, 1.807) is 6.42 Å². The number of rotatable bonds is 4. The third-order valence-corrected chi connectivity index (χ3v) is 6.78. The first kappa shape index (κ1) is 14.6. The van der Waals surface area contributed by atoms with Gasteiger partial charge in [0.2, 0.25) is 0 Å². The molecule has 4 rings (SSSR count). The summed E-state index contributed by atoms with van der Waals surface area (Å²) in [7, 11) is 5.86. The summed E-state index contributed by atoms with van der Waals surface area (Å²) in [5.41, 5.74) is 2.25. The van der Waals surface area contributed by atoms with Crippen LogP contribution in [0.25, 0.3) is 0 Å². The van der Waals surface area contributed by atoms with Crippen LogP contribution in [-0.4, -0.2) is 7.85 Å². The molecule has 0 nitrogen and oxygen atoms in total. The van der Waals surface area contributed by atoms with Crippen molar-refractivity contribution >= 4 is 13.3 Å². The Kier molecular flexibility index (Phi) is 3.92. The fraction of sp³-hybridized carbons (Fsp3) is 0.619. The number of aryl methyl sites for hydroxylation is 1. The van der Waals surface area contributed by atoms with Gasteiger partial charge >= 0.3 is 0 Å². The van der Waals surface area contributed by atoms with E-state index in [1.807, 2.05) is 6.07 Å². The van der Waals surface area contributed by atoms with Crippen LogP contribution >= 0.6 is 0 Å². The Bertz CT molecular complexity index is 561. The standard InChI is InChI=1S/C21H27B/c1-14-9-16-11-17-12-18(13-21(16)17)20(14)8-3-2-5-15-6-4-7-19(22)10-15/h3-4,6-8,10,14,16-18,20-21H,2,5,9,11-13H2,1H3/b8-3+. The lowest BCUT2D eigenvalue weighted by atomic mass is 9.62. The topological polar surface area (TPSA) is 0 Å². The first-order valence-electron chi connectivity index (χ1n) is 9.22. The maximum Gasteiger partial charge on any atom is 0.113 e. The van der Waals surface area contributed by atoms with E-state index in [0.29, 0.717) is 0 Å². The molecule has 1 aromatic carbocycles. The highest BCUT2D eigenvalue weighted by atomic mass is 14.6. The summed E-state index contributed by atoms with van der Waals surface area (Å²) in [6.07, 6.45) is 13.4. The van der Waals surface area contributed by atoms with Crippen molar-refractivity contribution in [3.05, 3.63) is 42.0 Å². The Hall–Kier alpha value is -0.975. The second-order valence-electron chi connectivity index (χ2n) is 8.15. The molecule has 3 saturated carbocycles. The molecule has 6 unspecified atom stereocenters. The van der Waals surface area contributed by atoms with Crippen LogP contribution in [0.2, 0.25) is 0 Å². The Morgan fingerprint density at radius 2 is 1.91 bits per heavy atom. The van der Waals surface area contributed by atoms with Crippen molar-refractivity contribution in [2.24, 2.45) is 35.5 Å². The van der Waals surface area contributed by atoms with E-state index in [-0.39, 0.29) is 0 Å². The lowest BCUT2D eigenvalue weighted by Crippen LogP contribution is -2.34. The zero-order valence-corrected chi connectivity index (χ0v) is 13.7. The molecule has 114 valence electrons. The highest BCUT2D eigenvalue weighted by molar-refractivity contribution is 6.32. The molecule has 0 saturated heterocycles. The van der Waals surface area contributed by atoms with Crippen LogP contribution in [0.4, 0.5) is 0 Å². The predicted molar refractivity (Wildman–Crippen MR) is 94.4 cm³/mol. The maximum absolute atomic E-state index is 5.86. The van der Waals surface area contributed by atoms with Gasteiger partial charge in [0.1, 0.15) is 7.85 Å². The molecule has 2 bridgehead atoms. The maximum atomic E-state index is 5.86. The summed E-state index contributed by atoms with van der Waals surface area (Å²) in [6, 6.07) is 8.33. The smallest absolute Gasteiger partial charge is 0.0964 e. The summed E-state index contributed by atoms with van der Waals surface area (Å²) >= 11 is 0. The van der Waals surface area contributed by atoms with Gasteiger partial charge in [0.05, 0.1) is 0 Å². The largest absolute Gasteiger partial charge is 0.113 e. The molecule has 0 spiro atoms. The number of fused-ring (bicyclic) bond motifs is 1. The Balaban J connectivity index is 1.36. The van der Waals surface area contributed by atoms with E-state index in [1.165, 1.54) is 24.8 Å². The molecule has 1 aromatic rings.